The highest BCUT2D eigenvalue weighted by Crippen LogP contribution is 2.27. The Morgan fingerprint density at radius 3 is 3.07 bits per heavy atom. The van der Waals surface area contributed by atoms with Gasteiger partial charge in [0.25, 0.3) is 0 Å². The molecule has 1 unspecified atom stereocenters. The predicted octanol–water partition coefficient (Wildman–Crippen LogP) is 1.66. The topological polar surface area (TPSA) is 42.2 Å². The monoisotopic (exact) mass is 215 g/mol. The van der Waals surface area contributed by atoms with Gasteiger partial charge in [0.1, 0.15) is 5.67 Å². The molecule has 0 spiro atoms. The number of nitrogens with two attached hydrogens (primary N) is 1. The van der Waals surface area contributed by atoms with Crippen molar-refractivity contribution in [3.05, 3.63) is 11.1 Å². The molecule has 1 aliphatic heterocycles. The minimum atomic E-state index is -1.02. The van der Waals surface area contributed by atoms with Gasteiger partial charge in [-0.15, -0.1) is 11.3 Å². The Hall–Kier alpha value is -0.680. The third-order valence-corrected chi connectivity index (χ3v) is 3.26. The normalized spacial score (nSPS) is 28.4. The number of likely N-dealkylation sites (tertiary alicyclic amines) is 1. The third kappa shape index (κ3) is 2.22. The third-order valence-electron chi connectivity index (χ3n) is 2.45. The van der Waals surface area contributed by atoms with E-state index in [1.165, 1.54) is 11.3 Å². The van der Waals surface area contributed by atoms with Crippen LogP contribution in [0.3, 0.4) is 0 Å². The fourth-order valence-electron chi connectivity index (χ4n) is 1.77. The molecule has 1 aromatic rings. The van der Waals surface area contributed by atoms with Crippen LogP contribution in [0.5, 0.6) is 0 Å². The molecular weight excluding hydrogens is 201 g/mol. The van der Waals surface area contributed by atoms with E-state index in [0.29, 0.717) is 18.1 Å². The summed E-state index contributed by atoms with van der Waals surface area (Å²) < 4.78 is 13.5. The Morgan fingerprint density at radius 2 is 2.57 bits per heavy atom. The Balaban J connectivity index is 1.94. The van der Waals surface area contributed by atoms with Crippen molar-refractivity contribution in [2.45, 2.75) is 25.6 Å². The molecule has 0 aromatic carbocycles. The summed E-state index contributed by atoms with van der Waals surface area (Å²) in [6.45, 7) is 3.78. The van der Waals surface area contributed by atoms with Crippen molar-refractivity contribution in [1.29, 1.82) is 0 Å². The van der Waals surface area contributed by atoms with Gasteiger partial charge in [0.2, 0.25) is 0 Å². The van der Waals surface area contributed by atoms with E-state index in [1.54, 1.807) is 13.1 Å². The van der Waals surface area contributed by atoms with E-state index in [0.717, 1.165) is 18.0 Å². The lowest BCUT2D eigenvalue weighted by Crippen LogP contribution is -2.25. The van der Waals surface area contributed by atoms with Crippen LogP contribution < -0.4 is 5.73 Å². The highest BCUT2D eigenvalue weighted by molar-refractivity contribution is 7.15. The minimum Gasteiger partial charge on any atom is -0.375 e. The number of halogens is 1. The summed E-state index contributed by atoms with van der Waals surface area (Å²) in [6.07, 6.45) is 2.40. The molecule has 0 amide bonds. The molecule has 14 heavy (non-hydrogen) atoms. The summed E-state index contributed by atoms with van der Waals surface area (Å²) in [7, 11) is 0. The van der Waals surface area contributed by atoms with Crippen molar-refractivity contribution >= 4 is 16.5 Å². The van der Waals surface area contributed by atoms with Crippen LogP contribution in [0, 0.1) is 0 Å². The molecule has 2 N–H and O–H groups in total. The minimum absolute atomic E-state index is 0.519. The van der Waals surface area contributed by atoms with Gasteiger partial charge in [0.15, 0.2) is 5.13 Å². The zero-order valence-electron chi connectivity index (χ0n) is 8.16. The number of anilines is 1. The second kappa shape index (κ2) is 3.47. The van der Waals surface area contributed by atoms with Crippen LogP contribution in [0.2, 0.25) is 0 Å². The van der Waals surface area contributed by atoms with Gasteiger partial charge in [-0.25, -0.2) is 9.37 Å². The first-order valence-corrected chi connectivity index (χ1v) is 5.48. The van der Waals surface area contributed by atoms with Crippen LogP contribution >= 0.6 is 11.3 Å². The van der Waals surface area contributed by atoms with E-state index in [-0.39, 0.29) is 0 Å². The smallest absolute Gasteiger partial charge is 0.180 e. The van der Waals surface area contributed by atoms with Crippen LogP contribution in [0.4, 0.5) is 9.52 Å². The first-order chi connectivity index (χ1) is 6.55. The van der Waals surface area contributed by atoms with E-state index >= 15 is 0 Å². The lowest BCUT2D eigenvalue weighted by molar-refractivity contribution is 0.187. The van der Waals surface area contributed by atoms with Gasteiger partial charge in [-0.3, -0.25) is 4.90 Å². The summed E-state index contributed by atoms with van der Waals surface area (Å²) in [5, 5.41) is 0.585. The van der Waals surface area contributed by atoms with Gasteiger partial charge in [0, 0.05) is 30.7 Å². The summed E-state index contributed by atoms with van der Waals surface area (Å²) in [5.41, 5.74) is 4.50. The van der Waals surface area contributed by atoms with Gasteiger partial charge in [-0.05, 0) is 13.3 Å². The highest BCUT2D eigenvalue weighted by Gasteiger charge is 2.33. The van der Waals surface area contributed by atoms with E-state index in [1.807, 2.05) is 0 Å². The van der Waals surface area contributed by atoms with Gasteiger partial charge in [-0.2, -0.15) is 0 Å². The van der Waals surface area contributed by atoms with Crippen LogP contribution in [0.1, 0.15) is 18.2 Å². The Bertz CT molecular complexity index is 324. The Labute approximate surface area is 86.7 Å². The summed E-state index contributed by atoms with van der Waals surface area (Å²) in [6, 6.07) is 0. The van der Waals surface area contributed by atoms with Gasteiger partial charge < -0.3 is 5.73 Å². The molecule has 5 heteroatoms. The fourth-order valence-corrected chi connectivity index (χ4v) is 2.49. The second-order valence-electron chi connectivity index (χ2n) is 4.04. The van der Waals surface area contributed by atoms with Crippen LogP contribution in [0.15, 0.2) is 6.20 Å². The second-order valence-corrected chi connectivity index (χ2v) is 5.19. The number of hydrogen-bond acceptors (Lipinski definition) is 4. The summed E-state index contributed by atoms with van der Waals surface area (Å²) in [5.74, 6) is 0. The molecular formula is C9H14FN3S. The average molecular weight is 215 g/mol. The number of rotatable bonds is 2. The maximum Gasteiger partial charge on any atom is 0.180 e. The molecule has 1 saturated heterocycles. The number of hydrogen-bond donors (Lipinski definition) is 1. The van der Waals surface area contributed by atoms with E-state index in [4.69, 9.17) is 5.73 Å². The summed E-state index contributed by atoms with van der Waals surface area (Å²) in [4.78, 5) is 7.19. The largest absolute Gasteiger partial charge is 0.375 e. The maximum absolute atomic E-state index is 13.5. The number of nitrogens with zero attached hydrogens (tertiary/aromatic N) is 2. The standard InChI is InChI=1S/C9H14FN3S/c1-9(10)2-3-13(6-9)5-7-4-12-8(11)14-7/h4H,2-3,5-6H2,1H3,(H2,11,12). The molecule has 1 fully saturated rings. The molecule has 0 saturated carbocycles. The highest BCUT2D eigenvalue weighted by atomic mass is 32.1. The zero-order chi connectivity index (χ0) is 10.2. The SMILES string of the molecule is CC1(F)CCN(Cc2cnc(N)s2)C1. The number of alkyl halides is 1. The van der Waals surface area contributed by atoms with Crippen molar-refractivity contribution in [2.75, 3.05) is 18.8 Å². The zero-order valence-corrected chi connectivity index (χ0v) is 8.98. The molecule has 78 valence electrons. The average Bonchev–Trinajstić information content (AvgIpc) is 2.59. The number of nitrogen functional groups attached to an aromatic ring is 1. The predicted molar refractivity (Wildman–Crippen MR) is 55.9 cm³/mol. The molecule has 0 bridgehead atoms. The number of aromatic nitrogens is 1. The first kappa shape index (κ1) is 9.86. The van der Waals surface area contributed by atoms with Crippen molar-refractivity contribution in [2.24, 2.45) is 0 Å². The number of thiazole rings is 1. The van der Waals surface area contributed by atoms with Crippen molar-refractivity contribution in [3.63, 3.8) is 0 Å². The summed E-state index contributed by atoms with van der Waals surface area (Å²) >= 11 is 1.48. The van der Waals surface area contributed by atoms with Gasteiger partial charge in [0.05, 0.1) is 0 Å². The van der Waals surface area contributed by atoms with Crippen LogP contribution in [0.25, 0.3) is 0 Å². The van der Waals surface area contributed by atoms with Gasteiger partial charge >= 0.3 is 0 Å². The molecule has 0 aliphatic carbocycles. The van der Waals surface area contributed by atoms with Crippen molar-refractivity contribution in [1.82, 2.24) is 9.88 Å². The molecule has 2 heterocycles. The molecule has 1 aliphatic rings. The van der Waals surface area contributed by atoms with Gasteiger partial charge in [-0.1, -0.05) is 0 Å². The van der Waals surface area contributed by atoms with Crippen LogP contribution in [-0.2, 0) is 6.54 Å². The van der Waals surface area contributed by atoms with Crippen LogP contribution in [-0.4, -0.2) is 28.6 Å². The van der Waals surface area contributed by atoms with E-state index in [2.05, 4.69) is 9.88 Å². The molecule has 3 nitrogen and oxygen atoms in total. The van der Waals surface area contributed by atoms with E-state index < -0.39 is 5.67 Å². The molecule has 0 radical (unpaired) electrons. The van der Waals surface area contributed by atoms with Crippen molar-refractivity contribution in [3.8, 4) is 0 Å². The van der Waals surface area contributed by atoms with E-state index in [9.17, 15) is 4.39 Å². The Morgan fingerprint density at radius 1 is 1.79 bits per heavy atom. The first-order valence-electron chi connectivity index (χ1n) is 4.67. The lowest BCUT2D eigenvalue weighted by atomic mass is 10.1. The molecule has 1 aromatic heterocycles. The van der Waals surface area contributed by atoms with Crippen molar-refractivity contribution < 1.29 is 4.39 Å². The Kier molecular flexibility index (Phi) is 2.45. The molecule has 1 atom stereocenters. The lowest BCUT2D eigenvalue weighted by Gasteiger charge is -2.15. The fraction of sp³-hybridized carbons (Fsp3) is 0.667. The molecule has 2 rings (SSSR count). The quantitative estimate of drug-likeness (QED) is 0.815. The maximum atomic E-state index is 13.5.